The first-order valence-electron chi connectivity index (χ1n) is 7.24. The van der Waals surface area contributed by atoms with Crippen molar-refractivity contribution in [3.05, 3.63) is 64.7 Å². The van der Waals surface area contributed by atoms with Crippen molar-refractivity contribution in [2.24, 2.45) is 0 Å². The first kappa shape index (κ1) is 16.1. The number of carbonyl (C=O) groups excluding carboxylic acids is 1. The monoisotopic (exact) mass is 298 g/mol. The van der Waals surface area contributed by atoms with Crippen LogP contribution in [0.1, 0.15) is 40.9 Å². The number of hydrogen-bond donors (Lipinski definition) is 0. The highest BCUT2D eigenvalue weighted by atomic mass is 16.5. The highest BCUT2D eigenvalue weighted by Gasteiger charge is 2.25. The predicted molar refractivity (Wildman–Crippen MR) is 87.6 cm³/mol. The van der Waals surface area contributed by atoms with Gasteiger partial charge in [0.15, 0.2) is 0 Å². The van der Waals surface area contributed by atoms with Gasteiger partial charge in [-0.15, -0.1) is 0 Å². The van der Waals surface area contributed by atoms with Crippen molar-refractivity contribution in [3.8, 4) is 5.75 Å². The average Bonchev–Trinajstić information content (AvgIpc) is 2.54. The fourth-order valence-corrected chi connectivity index (χ4v) is 2.51. The minimum atomic E-state index is -0.301. The third-order valence-electron chi connectivity index (χ3n) is 4.18. The van der Waals surface area contributed by atoms with Crippen LogP contribution < -0.4 is 4.74 Å². The van der Waals surface area contributed by atoms with Crippen molar-refractivity contribution in [1.82, 2.24) is 0 Å². The van der Waals surface area contributed by atoms with E-state index >= 15 is 0 Å². The second kappa shape index (κ2) is 6.22. The summed E-state index contributed by atoms with van der Waals surface area (Å²) < 4.78 is 10.1. The lowest BCUT2D eigenvalue weighted by Gasteiger charge is -2.27. The maximum absolute atomic E-state index is 11.9. The van der Waals surface area contributed by atoms with Gasteiger partial charge >= 0.3 is 5.97 Å². The number of carbonyl (C=O) groups is 1. The average molecular weight is 298 g/mol. The number of aryl methyl sites for hydroxylation is 1. The lowest BCUT2D eigenvalue weighted by molar-refractivity contribution is 0.0599. The zero-order valence-corrected chi connectivity index (χ0v) is 13.8. The summed E-state index contributed by atoms with van der Waals surface area (Å²) in [6.07, 6.45) is 0. The molecular weight excluding hydrogens is 276 g/mol. The molecule has 22 heavy (non-hydrogen) atoms. The molecule has 0 bridgehead atoms. The highest BCUT2D eigenvalue weighted by molar-refractivity contribution is 5.91. The van der Waals surface area contributed by atoms with E-state index < -0.39 is 0 Å². The second-order valence-corrected chi connectivity index (χ2v) is 5.87. The fraction of sp³-hybridized carbons (Fsp3) is 0.316. The van der Waals surface area contributed by atoms with Gasteiger partial charge in [-0.1, -0.05) is 38.1 Å². The third kappa shape index (κ3) is 2.98. The van der Waals surface area contributed by atoms with Crippen LogP contribution in [0.4, 0.5) is 0 Å². The van der Waals surface area contributed by atoms with Gasteiger partial charge in [0.1, 0.15) is 5.75 Å². The quantitative estimate of drug-likeness (QED) is 0.797. The van der Waals surface area contributed by atoms with Crippen molar-refractivity contribution in [2.75, 3.05) is 14.2 Å². The van der Waals surface area contributed by atoms with E-state index in [-0.39, 0.29) is 11.4 Å². The molecule has 0 spiro atoms. The Morgan fingerprint density at radius 3 is 2.09 bits per heavy atom. The van der Waals surface area contributed by atoms with Crippen molar-refractivity contribution >= 4 is 5.97 Å². The largest absolute Gasteiger partial charge is 0.497 e. The number of methoxy groups -OCH3 is 2. The van der Waals surface area contributed by atoms with Crippen molar-refractivity contribution in [3.63, 3.8) is 0 Å². The molecular formula is C19H22O3. The van der Waals surface area contributed by atoms with E-state index in [4.69, 9.17) is 9.47 Å². The maximum Gasteiger partial charge on any atom is 0.338 e. The number of rotatable bonds is 4. The first-order valence-corrected chi connectivity index (χ1v) is 7.24. The minimum absolute atomic E-state index is 0.220. The third-order valence-corrected chi connectivity index (χ3v) is 4.18. The van der Waals surface area contributed by atoms with E-state index in [9.17, 15) is 4.79 Å². The molecule has 0 heterocycles. The van der Waals surface area contributed by atoms with Gasteiger partial charge in [-0.05, 0) is 41.8 Å². The molecule has 0 unspecified atom stereocenters. The molecule has 0 saturated carbocycles. The van der Waals surface area contributed by atoms with Crippen molar-refractivity contribution in [1.29, 1.82) is 0 Å². The Labute approximate surface area is 131 Å². The summed E-state index contributed by atoms with van der Waals surface area (Å²) in [7, 11) is 3.06. The number of hydrogen-bond acceptors (Lipinski definition) is 3. The predicted octanol–water partition coefficient (Wildman–Crippen LogP) is 4.12. The normalized spacial score (nSPS) is 11.1. The molecule has 0 aliphatic carbocycles. The van der Waals surface area contributed by atoms with Crippen LogP contribution in [0.2, 0.25) is 0 Å². The Morgan fingerprint density at radius 1 is 0.955 bits per heavy atom. The molecule has 0 aliphatic heterocycles. The molecule has 0 radical (unpaired) electrons. The minimum Gasteiger partial charge on any atom is -0.497 e. The lowest BCUT2D eigenvalue weighted by atomic mass is 9.77. The molecule has 2 aromatic rings. The summed E-state index contributed by atoms with van der Waals surface area (Å²) in [6.45, 7) is 6.19. The van der Waals surface area contributed by atoms with Crippen molar-refractivity contribution in [2.45, 2.75) is 26.2 Å². The maximum atomic E-state index is 11.9. The van der Waals surface area contributed by atoms with Gasteiger partial charge in [-0.2, -0.15) is 0 Å². The molecule has 3 heteroatoms. The van der Waals surface area contributed by atoms with E-state index in [2.05, 4.69) is 32.0 Å². The van der Waals surface area contributed by atoms with Gasteiger partial charge in [0.05, 0.1) is 19.8 Å². The molecule has 2 rings (SSSR count). The molecule has 0 fully saturated rings. The van der Waals surface area contributed by atoms with Crippen molar-refractivity contribution < 1.29 is 14.3 Å². The molecule has 2 aromatic carbocycles. The van der Waals surface area contributed by atoms with Crippen LogP contribution in [0.15, 0.2) is 42.5 Å². The highest BCUT2D eigenvalue weighted by Crippen LogP contribution is 2.33. The zero-order chi connectivity index (χ0) is 16.3. The Hall–Kier alpha value is -2.29. The molecule has 0 amide bonds. The Kier molecular flexibility index (Phi) is 4.55. The standard InChI is InChI=1S/C19H22O3/c1-13-6-7-15(12-17(13)18(20)22-5)19(2,3)14-8-10-16(21-4)11-9-14/h6-12H,1-5H3. The summed E-state index contributed by atoms with van der Waals surface area (Å²) in [6, 6.07) is 14.0. The smallest absolute Gasteiger partial charge is 0.338 e. The summed E-state index contributed by atoms with van der Waals surface area (Å²) in [5.74, 6) is 0.531. The van der Waals surface area contributed by atoms with Gasteiger partial charge in [-0.25, -0.2) is 4.79 Å². The van der Waals surface area contributed by atoms with Gasteiger partial charge in [0.2, 0.25) is 0 Å². The summed E-state index contributed by atoms with van der Waals surface area (Å²) in [5, 5.41) is 0. The summed E-state index contributed by atoms with van der Waals surface area (Å²) in [5.41, 5.74) is 3.54. The molecule has 0 aromatic heterocycles. The van der Waals surface area contributed by atoms with E-state index in [0.717, 1.165) is 22.4 Å². The van der Waals surface area contributed by atoms with Crippen LogP contribution >= 0.6 is 0 Å². The second-order valence-electron chi connectivity index (χ2n) is 5.87. The Bertz CT molecular complexity index is 670. The number of ether oxygens (including phenoxy) is 2. The van der Waals surface area contributed by atoms with E-state index in [1.54, 1.807) is 7.11 Å². The van der Waals surface area contributed by atoms with Crippen LogP contribution in [-0.4, -0.2) is 20.2 Å². The number of esters is 1. The zero-order valence-electron chi connectivity index (χ0n) is 13.8. The lowest BCUT2D eigenvalue weighted by Crippen LogP contribution is -2.20. The molecule has 0 aliphatic rings. The van der Waals surface area contributed by atoms with Gasteiger partial charge in [0.25, 0.3) is 0 Å². The van der Waals surface area contributed by atoms with Gasteiger partial charge in [-0.3, -0.25) is 0 Å². The summed E-state index contributed by atoms with van der Waals surface area (Å²) in [4.78, 5) is 11.9. The Balaban J connectivity index is 2.46. The van der Waals surface area contributed by atoms with E-state index in [1.807, 2.05) is 31.2 Å². The Morgan fingerprint density at radius 2 is 1.55 bits per heavy atom. The van der Waals surface area contributed by atoms with Crippen LogP contribution in [0.3, 0.4) is 0 Å². The van der Waals surface area contributed by atoms with E-state index in [0.29, 0.717) is 5.56 Å². The molecule has 0 atom stereocenters. The van der Waals surface area contributed by atoms with Gasteiger partial charge < -0.3 is 9.47 Å². The van der Waals surface area contributed by atoms with Gasteiger partial charge in [0, 0.05) is 5.41 Å². The van der Waals surface area contributed by atoms with Crippen LogP contribution in [-0.2, 0) is 10.2 Å². The van der Waals surface area contributed by atoms with E-state index in [1.165, 1.54) is 7.11 Å². The topological polar surface area (TPSA) is 35.5 Å². The summed E-state index contributed by atoms with van der Waals surface area (Å²) >= 11 is 0. The molecule has 0 N–H and O–H groups in total. The van der Waals surface area contributed by atoms with Crippen LogP contribution in [0.5, 0.6) is 5.75 Å². The first-order chi connectivity index (χ1) is 10.4. The number of benzene rings is 2. The fourth-order valence-electron chi connectivity index (χ4n) is 2.51. The van der Waals surface area contributed by atoms with Crippen LogP contribution in [0, 0.1) is 6.92 Å². The molecule has 116 valence electrons. The van der Waals surface area contributed by atoms with Crippen LogP contribution in [0.25, 0.3) is 0 Å². The molecule has 3 nitrogen and oxygen atoms in total. The SMILES string of the molecule is COC(=O)c1cc(C(C)(C)c2ccc(OC)cc2)ccc1C. The molecule has 0 saturated heterocycles.